The number of rotatable bonds is 4. The Morgan fingerprint density at radius 2 is 1.13 bits per heavy atom. The molecule has 0 unspecified atom stereocenters. The number of benzene rings is 6. The van der Waals surface area contributed by atoms with Crippen molar-refractivity contribution in [1.29, 1.82) is 0 Å². The molecule has 1 heterocycles. The van der Waals surface area contributed by atoms with Crippen LogP contribution in [0, 0.1) is 0 Å². The Morgan fingerprint density at radius 1 is 0.474 bits per heavy atom. The molecule has 1 nitrogen and oxygen atoms in total. The van der Waals surface area contributed by atoms with Gasteiger partial charge in [-0.2, -0.15) is 0 Å². The lowest BCUT2D eigenvalue weighted by Gasteiger charge is -2.27. The zero-order chi connectivity index (χ0) is 25.6. The Balaban J connectivity index is 1.47. The molecule has 6 aromatic carbocycles. The molecule has 0 aliphatic rings. The van der Waals surface area contributed by atoms with Crippen LogP contribution in [0.5, 0.6) is 0 Å². The summed E-state index contributed by atoms with van der Waals surface area (Å²) in [6, 6.07) is 44.6. The number of fused-ring (bicyclic) bond motifs is 4. The van der Waals surface area contributed by atoms with Gasteiger partial charge in [0.25, 0.3) is 0 Å². The number of nitrogens with zero attached hydrogens (tertiary/aromatic N) is 1. The highest BCUT2D eigenvalue weighted by atomic mass is 35.5. The van der Waals surface area contributed by atoms with Crippen molar-refractivity contribution >= 4 is 82.5 Å². The maximum atomic E-state index is 6.38. The molecule has 38 heavy (non-hydrogen) atoms. The molecule has 182 valence electrons. The van der Waals surface area contributed by atoms with Crippen molar-refractivity contribution < 1.29 is 0 Å². The number of para-hydroxylation sites is 1. The summed E-state index contributed by atoms with van der Waals surface area (Å²) in [6.07, 6.45) is 0. The maximum absolute atomic E-state index is 6.38. The molecule has 0 N–H and O–H groups in total. The molecule has 7 aromatic rings. The van der Waals surface area contributed by atoms with Gasteiger partial charge in [-0.25, -0.2) is 0 Å². The largest absolute Gasteiger partial charge is 0.310 e. The van der Waals surface area contributed by atoms with Gasteiger partial charge in [0.2, 0.25) is 0 Å². The first kappa shape index (κ1) is 23.3. The van der Waals surface area contributed by atoms with Crippen LogP contribution < -0.4 is 4.90 Å². The van der Waals surface area contributed by atoms with Crippen LogP contribution in [0.3, 0.4) is 0 Å². The minimum Gasteiger partial charge on any atom is -0.310 e. The van der Waals surface area contributed by atoms with E-state index in [1.54, 1.807) is 6.07 Å². The molecule has 0 bridgehead atoms. The van der Waals surface area contributed by atoms with Gasteiger partial charge in [-0.3, -0.25) is 0 Å². The van der Waals surface area contributed by atoms with Crippen LogP contribution in [0.25, 0.3) is 42.1 Å². The van der Waals surface area contributed by atoms with Crippen LogP contribution >= 0.6 is 34.5 Å². The molecule has 4 heteroatoms. The standard InChI is InChI=1S/C34H21Cl2NS/c35-23-18-22(19-24(36)20-23)27-16-17-32(29-11-5-4-10-28(27)29)37(25-8-2-1-3-9-25)26-14-15-31-30-12-6-7-13-33(30)38-34(31)21-26/h1-21H. The molecule has 0 fully saturated rings. The van der Waals surface area contributed by atoms with Crippen LogP contribution in [0.4, 0.5) is 17.1 Å². The van der Waals surface area contributed by atoms with E-state index < -0.39 is 0 Å². The second-order valence-corrected chi connectivity index (χ2v) is 11.2. The fraction of sp³-hybridized carbons (Fsp3) is 0. The minimum atomic E-state index is 0.628. The fourth-order valence-corrected chi connectivity index (χ4v) is 6.96. The molecular weight excluding hydrogens is 525 g/mol. The highest BCUT2D eigenvalue weighted by Gasteiger charge is 2.18. The number of hydrogen-bond acceptors (Lipinski definition) is 2. The van der Waals surface area contributed by atoms with Crippen molar-refractivity contribution in [2.75, 3.05) is 4.90 Å². The molecule has 0 atom stereocenters. The third kappa shape index (κ3) is 4.02. The molecule has 0 aliphatic carbocycles. The molecule has 0 amide bonds. The van der Waals surface area contributed by atoms with Gasteiger partial charge in [-0.15, -0.1) is 11.3 Å². The number of halogens is 2. The number of anilines is 3. The first-order valence-electron chi connectivity index (χ1n) is 12.4. The molecule has 0 radical (unpaired) electrons. The van der Waals surface area contributed by atoms with Crippen LogP contribution in [0.15, 0.2) is 127 Å². The van der Waals surface area contributed by atoms with Gasteiger partial charge in [0.15, 0.2) is 0 Å². The van der Waals surface area contributed by atoms with E-state index >= 15 is 0 Å². The summed E-state index contributed by atoms with van der Waals surface area (Å²) in [5, 5.41) is 6.15. The van der Waals surface area contributed by atoms with E-state index in [9.17, 15) is 0 Å². The Bertz CT molecular complexity index is 1940. The van der Waals surface area contributed by atoms with Gasteiger partial charge in [-0.05, 0) is 71.1 Å². The monoisotopic (exact) mass is 545 g/mol. The summed E-state index contributed by atoms with van der Waals surface area (Å²) < 4.78 is 2.58. The van der Waals surface area contributed by atoms with Gasteiger partial charge in [0.1, 0.15) is 0 Å². The average molecular weight is 547 g/mol. The summed E-state index contributed by atoms with van der Waals surface area (Å²) in [6.45, 7) is 0. The number of hydrogen-bond donors (Lipinski definition) is 0. The first-order chi connectivity index (χ1) is 18.7. The van der Waals surface area contributed by atoms with Crippen molar-refractivity contribution in [3.63, 3.8) is 0 Å². The summed E-state index contributed by atoms with van der Waals surface area (Å²) in [5.41, 5.74) is 5.45. The van der Waals surface area contributed by atoms with Crippen LogP contribution in [-0.4, -0.2) is 0 Å². The third-order valence-corrected chi connectivity index (χ3v) is 8.52. The highest BCUT2D eigenvalue weighted by molar-refractivity contribution is 7.25. The molecular formula is C34H21Cl2NS. The Kier molecular flexibility index (Phi) is 5.82. The summed E-state index contributed by atoms with van der Waals surface area (Å²) in [5.74, 6) is 0. The van der Waals surface area contributed by atoms with Crippen LogP contribution in [0.2, 0.25) is 10.0 Å². The van der Waals surface area contributed by atoms with Crippen molar-refractivity contribution in [2.45, 2.75) is 0 Å². The molecule has 0 saturated heterocycles. The van der Waals surface area contributed by atoms with E-state index in [0.29, 0.717) is 10.0 Å². The van der Waals surface area contributed by atoms with E-state index in [1.807, 2.05) is 23.5 Å². The van der Waals surface area contributed by atoms with Crippen molar-refractivity contribution in [3.8, 4) is 11.1 Å². The first-order valence-corrected chi connectivity index (χ1v) is 14.0. The SMILES string of the molecule is Clc1cc(Cl)cc(-c2ccc(N(c3ccccc3)c3ccc4c(c3)sc3ccccc34)c3ccccc23)c1. The zero-order valence-corrected chi connectivity index (χ0v) is 22.6. The quantitative estimate of drug-likeness (QED) is 0.212. The predicted octanol–water partition coefficient (Wildman–Crippen LogP) is 11.7. The lowest BCUT2D eigenvalue weighted by Crippen LogP contribution is -2.10. The highest BCUT2D eigenvalue weighted by Crippen LogP contribution is 2.44. The molecule has 7 rings (SSSR count). The van der Waals surface area contributed by atoms with Gasteiger partial charge in [0.05, 0.1) is 5.69 Å². The van der Waals surface area contributed by atoms with E-state index in [0.717, 1.165) is 39.0 Å². The van der Waals surface area contributed by atoms with E-state index in [2.05, 4.69) is 114 Å². The van der Waals surface area contributed by atoms with Gasteiger partial charge in [0, 0.05) is 47.0 Å². The molecule has 1 aromatic heterocycles. The van der Waals surface area contributed by atoms with Crippen molar-refractivity contribution in [1.82, 2.24) is 0 Å². The Hall–Kier alpha value is -3.82. The Morgan fingerprint density at radius 3 is 1.92 bits per heavy atom. The topological polar surface area (TPSA) is 3.24 Å². The molecule has 0 saturated carbocycles. The fourth-order valence-electron chi connectivity index (χ4n) is 5.30. The predicted molar refractivity (Wildman–Crippen MR) is 167 cm³/mol. The minimum absolute atomic E-state index is 0.628. The van der Waals surface area contributed by atoms with Gasteiger partial charge in [-0.1, -0.05) is 96.0 Å². The van der Waals surface area contributed by atoms with Gasteiger partial charge < -0.3 is 4.90 Å². The lowest BCUT2D eigenvalue weighted by molar-refractivity contribution is 1.30. The van der Waals surface area contributed by atoms with E-state index in [1.165, 1.54) is 20.2 Å². The summed E-state index contributed by atoms with van der Waals surface area (Å²) in [4.78, 5) is 2.35. The normalized spacial score (nSPS) is 11.4. The lowest BCUT2D eigenvalue weighted by atomic mass is 9.96. The molecule has 0 spiro atoms. The van der Waals surface area contributed by atoms with Crippen LogP contribution in [-0.2, 0) is 0 Å². The Labute approximate surface area is 235 Å². The average Bonchev–Trinajstić information content (AvgIpc) is 3.31. The second kappa shape index (κ2) is 9.49. The third-order valence-electron chi connectivity index (χ3n) is 6.95. The van der Waals surface area contributed by atoms with Crippen LogP contribution in [0.1, 0.15) is 0 Å². The van der Waals surface area contributed by atoms with Gasteiger partial charge >= 0.3 is 0 Å². The molecule has 0 aliphatic heterocycles. The van der Waals surface area contributed by atoms with E-state index in [-0.39, 0.29) is 0 Å². The smallest absolute Gasteiger partial charge is 0.0540 e. The van der Waals surface area contributed by atoms with Crippen molar-refractivity contribution in [3.05, 3.63) is 137 Å². The maximum Gasteiger partial charge on any atom is 0.0540 e. The van der Waals surface area contributed by atoms with E-state index in [4.69, 9.17) is 23.2 Å². The number of thiophene rings is 1. The summed E-state index contributed by atoms with van der Waals surface area (Å²) in [7, 11) is 0. The van der Waals surface area contributed by atoms with Crippen molar-refractivity contribution in [2.24, 2.45) is 0 Å². The zero-order valence-electron chi connectivity index (χ0n) is 20.2. The summed E-state index contributed by atoms with van der Waals surface area (Å²) >= 11 is 14.6. The second-order valence-electron chi connectivity index (χ2n) is 9.29.